The van der Waals surface area contributed by atoms with Crippen LogP contribution in [0.25, 0.3) is 0 Å². The second-order valence-corrected chi connectivity index (χ2v) is 6.07. The quantitative estimate of drug-likeness (QED) is 0.815. The molecule has 0 saturated carbocycles. The molecule has 1 amide bonds. The highest BCUT2D eigenvalue weighted by molar-refractivity contribution is 9.10. The molecule has 0 bridgehead atoms. The molecule has 0 spiro atoms. The lowest BCUT2D eigenvalue weighted by atomic mass is 9.91. The number of benzene rings is 1. The number of halogens is 1. The molecule has 0 aromatic heterocycles. The second-order valence-electron chi connectivity index (χ2n) is 5.15. The fourth-order valence-corrected chi connectivity index (χ4v) is 2.64. The summed E-state index contributed by atoms with van der Waals surface area (Å²) in [6, 6.07) is 7.49. The molecule has 21 heavy (non-hydrogen) atoms. The van der Waals surface area contributed by atoms with Crippen molar-refractivity contribution < 1.29 is 19.4 Å². The minimum absolute atomic E-state index is 0.0609. The summed E-state index contributed by atoms with van der Waals surface area (Å²) in [5, 5.41) is 12.4. The zero-order chi connectivity index (χ0) is 15.1. The van der Waals surface area contributed by atoms with Crippen LogP contribution in [-0.4, -0.2) is 43.0 Å². The molecule has 0 atom stereocenters. The number of nitrogens with one attached hydrogen (secondary N) is 1. The van der Waals surface area contributed by atoms with Gasteiger partial charge in [0.05, 0.1) is 25.2 Å². The number of carbonyl (C=O) groups is 1. The number of carbonyl (C=O) groups excluding carboxylic acids is 1. The van der Waals surface area contributed by atoms with E-state index in [1.54, 1.807) is 0 Å². The molecule has 1 fully saturated rings. The van der Waals surface area contributed by atoms with E-state index in [1.165, 1.54) is 0 Å². The smallest absolute Gasteiger partial charge is 0.223 e. The van der Waals surface area contributed by atoms with Crippen LogP contribution in [-0.2, 0) is 9.53 Å². The fourth-order valence-electron chi connectivity index (χ4n) is 2.26. The monoisotopic (exact) mass is 357 g/mol. The lowest BCUT2D eigenvalue weighted by molar-refractivity contribution is -0.125. The van der Waals surface area contributed by atoms with Gasteiger partial charge < -0.3 is 19.9 Å². The molecule has 0 aliphatic carbocycles. The molecule has 116 valence electrons. The Morgan fingerprint density at radius 1 is 1.43 bits per heavy atom. The second kappa shape index (κ2) is 7.77. The molecular weight excluding hydrogens is 338 g/mol. The number of hydrogen-bond acceptors (Lipinski definition) is 4. The Kier molecular flexibility index (Phi) is 6.02. The van der Waals surface area contributed by atoms with Gasteiger partial charge in [-0.25, -0.2) is 0 Å². The van der Waals surface area contributed by atoms with Crippen molar-refractivity contribution >= 4 is 21.8 Å². The van der Waals surface area contributed by atoms with Crippen molar-refractivity contribution in [2.24, 2.45) is 0 Å². The lowest BCUT2D eigenvalue weighted by Gasteiger charge is -2.36. The Morgan fingerprint density at radius 2 is 2.19 bits per heavy atom. The van der Waals surface area contributed by atoms with Crippen molar-refractivity contribution in [2.45, 2.75) is 24.8 Å². The first-order valence-corrected chi connectivity index (χ1v) is 7.81. The van der Waals surface area contributed by atoms with E-state index in [-0.39, 0.29) is 18.9 Å². The summed E-state index contributed by atoms with van der Waals surface area (Å²) in [4.78, 5) is 12.0. The molecule has 1 aromatic carbocycles. The van der Waals surface area contributed by atoms with Gasteiger partial charge in [-0.05, 0) is 31.0 Å². The highest BCUT2D eigenvalue weighted by atomic mass is 79.9. The summed E-state index contributed by atoms with van der Waals surface area (Å²) >= 11 is 3.37. The summed E-state index contributed by atoms with van der Waals surface area (Å²) in [7, 11) is 0. The number of rotatable bonds is 6. The van der Waals surface area contributed by atoms with E-state index in [0.717, 1.165) is 10.2 Å². The average molecular weight is 358 g/mol. The molecule has 1 aliphatic rings. The number of ether oxygens (including phenoxy) is 2. The molecule has 2 N–H and O–H groups in total. The van der Waals surface area contributed by atoms with Gasteiger partial charge in [-0.1, -0.05) is 22.0 Å². The van der Waals surface area contributed by atoms with Gasteiger partial charge in [-0.2, -0.15) is 0 Å². The largest absolute Gasteiger partial charge is 0.493 e. The molecule has 1 saturated heterocycles. The maximum atomic E-state index is 12.0. The fraction of sp³-hybridized carbons (Fsp3) is 0.533. The Balaban J connectivity index is 1.76. The Labute approximate surface area is 132 Å². The summed E-state index contributed by atoms with van der Waals surface area (Å²) in [6.45, 7) is 1.37. The number of hydrogen-bond donors (Lipinski definition) is 2. The Bertz CT molecular complexity index is 474. The van der Waals surface area contributed by atoms with Crippen LogP contribution < -0.4 is 10.1 Å². The van der Waals surface area contributed by atoms with E-state index in [9.17, 15) is 9.90 Å². The van der Waals surface area contributed by atoms with Crippen molar-refractivity contribution in [1.82, 2.24) is 5.32 Å². The van der Waals surface area contributed by atoms with Gasteiger partial charge in [0.1, 0.15) is 5.75 Å². The van der Waals surface area contributed by atoms with Crippen molar-refractivity contribution in [3.8, 4) is 5.75 Å². The third kappa shape index (κ3) is 4.98. The van der Waals surface area contributed by atoms with Crippen LogP contribution >= 0.6 is 15.9 Å². The van der Waals surface area contributed by atoms with Crippen LogP contribution in [0.3, 0.4) is 0 Å². The van der Waals surface area contributed by atoms with Crippen molar-refractivity contribution in [1.29, 1.82) is 0 Å². The summed E-state index contributed by atoms with van der Waals surface area (Å²) in [5.74, 6) is 0.612. The van der Waals surface area contributed by atoms with Crippen LogP contribution in [0.15, 0.2) is 28.7 Å². The molecule has 1 heterocycles. The van der Waals surface area contributed by atoms with Gasteiger partial charge in [0.25, 0.3) is 0 Å². The van der Waals surface area contributed by atoms with Crippen LogP contribution in [0.2, 0.25) is 0 Å². The molecular formula is C15H20BrNO4. The molecule has 1 aromatic rings. The predicted octanol–water partition coefficient (Wildman–Crippen LogP) is 1.88. The molecule has 5 nitrogen and oxygen atoms in total. The highest BCUT2D eigenvalue weighted by Gasteiger charge is 2.33. The first-order chi connectivity index (χ1) is 10.1. The number of aliphatic hydroxyl groups excluding tert-OH is 1. The van der Waals surface area contributed by atoms with Gasteiger partial charge in [0.2, 0.25) is 5.91 Å². The minimum atomic E-state index is -0.537. The van der Waals surface area contributed by atoms with E-state index in [0.29, 0.717) is 32.7 Å². The Hall–Kier alpha value is -1.11. The zero-order valence-corrected chi connectivity index (χ0v) is 13.4. The van der Waals surface area contributed by atoms with E-state index in [2.05, 4.69) is 21.2 Å². The standard InChI is InChI=1S/C15H20BrNO4/c16-12-2-1-3-13(10-12)21-7-4-14(19)17-15(11-18)5-8-20-9-6-15/h1-3,10,18H,4-9,11H2,(H,17,19). The van der Waals surface area contributed by atoms with Gasteiger partial charge in [0.15, 0.2) is 0 Å². The molecule has 1 aliphatic heterocycles. The first-order valence-electron chi connectivity index (χ1n) is 7.02. The summed E-state index contributed by atoms with van der Waals surface area (Å²) in [5.41, 5.74) is -0.537. The average Bonchev–Trinajstić information content (AvgIpc) is 2.48. The van der Waals surface area contributed by atoms with Gasteiger partial charge >= 0.3 is 0 Å². The Morgan fingerprint density at radius 3 is 2.86 bits per heavy atom. The topological polar surface area (TPSA) is 67.8 Å². The zero-order valence-electron chi connectivity index (χ0n) is 11.8. The van der Waals surface area contributed by atoms with Crippen molar-refractivity contribution in [2.75, 3.05) is 26.4 Å². The normalized spacial score (nSPS) is 17.2. The number of aliphatic hydroxyl groups is 1. The molecule has 6 heteroatoms. The molecule has 2 rings (SSSR count). The van der Waals surface area contributed by atoms with E-state index < -0.39 is 5.54 Å². The van der Waals surface area contributed by atoms with Crippen LogP contribution in [0.1, 0.15) is 19.3 Å². The van der Waals surface area contributed by atoms with Gasteiger partial charge in [-0.15, -0.1) is 0 Å². The molecule has 0 unspecified atom stereocenters. The molecule has 0 radical (unpaired) electrons. The van der Waals surface area contributed by atoms with E-state index >= 15 is 0 Å². The highest BCUT2D eigenvalue weighted by Crippen LogP contribution is 2.20. The predicted molar refractivity (Wildman–Crippen MR) is 82.3 cm³/mol. The maximum Gasteiger partial charge on any atom is 0.223 e. The van der Waals surface area contributed by atoms with Crippen LogP contribution in [0.5, 0.6) is 5.75 Å². The summed E-state index contributed by atoms with van der Waals surface area (Å²) < 4.78 is 11.7. The van der Waals surface area contributed by atoms with Crippen LogP contribution in [0, 0.1) is 0 Å². The van der Waals surface area contributed by atoms with Gasteiger partial charge in [0, 0.05) is 17.7 Å². The van der Waals surface area contributed by atoms with Crippen LogP contribution in [0.4, 0.5) is 0 Å². The maximum absolute atomic E-state index is 12.0. The van der Waals surface area contributed by atoms with Crippen molar-refractivity contribution in [3.63, 3.8) is 0 Å². The van der Waals surface area contributed by atoms with E-state index in [4.69, 9.17) is 9.47 Å². The van der Waals surface area contributed by atoms with E-state index in [1.807, 2.05) is 24.3 Å². The SMILES string of the molecule is O=C(CCOc1cccc(Br)c1)NC1(CO)CCOCC1. The van der Waals surface area contributed by atoms with Crippen molar-refractivity contribution in [3.05, 3.63) is 28.7 Å². The third-order valence-corrected chi connectivity index (χ3v) is 4.04. The third-order valence-electron chi connectivity index (χ3n) is 3.55. The minimum Gasteiger partial charge on any atom is -0.493 e. The number of amides is 1. The lowest BCUT2D eigenvalue weighted by Crippen LogP contribution is -2.54. The first kappa shape index (κ1) is 16.3. The summed E-state index contributed by atoms with van der Waals surface area (Å²) in [6.07, 6.45) is 1.54. The van der Waals surface area contributed by atoms with Gasteiger partial charge in [-0.3, -0.25) is 4.79 Å².